The molecule has 0 atom stereocenters. The number of carbonyl (C=O) groups excluding carboxylic acids is 3. The molecular formula is C33H57N3O6S. The summed E-state index contributed by atoms with van der Waals surface area (Å²) in [6.45, 7) is 27.5. The summed E-state index contributed by atoms with van der Waals surface area (Å²) < 4.78 is 14.8. The molecule has 1 heterocycles. The molecule has 0 saturated carbocycles. The fourth-order valence-electron chi connectivity index (χ4n) is 3.75. The minimum absolute atomic E-state index is 0.0336. The molecule has 0 unspecified atom stereocenters. The van der Waals surface area contributed by atoms with E-state index in [2.05, 4.69) is 56.1 Å². The van der Waals surface area contributed by atoms with E-state index in [1.54, 1.807) is 5.38 Å². The molecular weight excluding hydrogens is 566 g/mol. The molecule has 0 saturated heterocycles. The third-order valence-electron chi connectivity index (χ3n) is 5.39. The molecule has 0 aliphatic rings. The van der Waals surface area contributed by atoms with Crippen LogP contribution >= 0.6 is 11.3 Å². The zero-order chi connectivity index (χ0) is 33.4. The van der Waals surface area contributed by atoms with Gasteiger partial charge in [0.15, 0.2) is 0 Å². The van der Waals surface area contributed by atoms with Crippen molar-refractivity contribution in [3.8, 4) is 0 Å². The van der Waals surface area contributed by atoms with Crippen LogP contribution in [0.3, 0.4) is 0 Å². The van der Waals surface area contributed by atoms with E-state index in [0.717, 1.165) is 29.5 Å². The lowest BCUT2D eigenvalue weighted by molar-refractivity contribution is -0.141. The number of hydrogen-bond donors (Lipinski definition) is 2. The SMILES string of the molecule is C=C(C)OC(C)(C)C.C=C(NC(=O)c1csc(CCC)n1)C(=O)NC(=C)C(=O)OCCOC.CCCC(CCC)CCC. The number of aromatic nitrogens is 1. The molecule has 246 valence electrons. The normalized spacial score (nSPS) is 10.4. The van der Waals surface area contributed by atoms with Gasteiger partial charge in [-0.1, -0.05) is 86.0 Å². The number of nitrogens with one attached hydrogen (secondary N) is 2. The second kappa shape index (κ2) is 24.5. The first kappa shape index (κ1) is 42.2. The maximum Gasteiger partial charge on any atom is 0.354 e. The molecule has 0 aromatic carbocycles. The predicted molar refractivity (Wildman–Crippen MR) is 177 cm³/mol. The van der Waals surface area contributed by atoms with E-state index >= 15 is 0 Å². The summed E-state index contributed by atoms with van der Waals surface area (Å²) in [7, 11) is 1.46. The van der Waals surface area contributed by atoms with Gasteiger partial charge in [-0.15, -0.1) is 11.3 Å². The van der Waals surface area contributed by atoms with Crippen LogP contribution in [0.25, 0.3) is 0 Å². The van der Waals surface area contributed by atoms with E-state index in [1.807, 2.05) is 34.6 Å². The van der Waals surface area contributed by atoms with Gasteiger partial charge in [-0.05, 0) is 46.5 Å². The third kappa shape index (κ3) is 23.2. The van der Waals surface area contributed by atoms with Crippen LogP contribution in [0.4, 0.5) is 0 Å². The van der Waals surface area contributed by atoms with Crippen molar-refractivity contribution in [1.82, 2.24) is 15.6 Å². The van der Waals surface area contributed by atoms with Crippen molar-refractivity contribution in [3.05, 3.63) is 53.0 Å². The number of esters is 1. The van der Waals surface area contributed by atoms with Gasteiger partial charge in [-0.3, -0.25) is 9.59 Å². The average Bonchev–Trinajstić information content (AvgIpc) is 3.37. The molecule has 1 aromatic heterocycles. The lowest BCUT2D eigenvalue weighted by Gasteiger charge is -2.20. The Morgan fingerprint density at radius 2 is 1.47 bits per heavy atom. The minimum Gasteiger partial charge on any atom is -0.493 e. The van der Waals surface area contributed by atoms with E-state index in [1.165, 1.54) is 57.0 Å². The van der Waals surface area contributed by atoms with Gasteiger partial charge < -0.3 is 24.8 Å². The number of nitrogens with zero attached hydrogens (tertiary/aromatic N) is 1. The molecule has 1 aromatic rings. The zero-order valence-electron chi connectivity index (χ0n) is 28.2. The molecule has 2 N–H and O–H groups in total. The van der Waals surface area contributed by atoms with Gasteiger partial charge in [0.2, 0.25) is 0 Å². The van der Waals surface area contributed by atoms with Crippen molar-refractivity contribution < 1.29 is 28.6 Å². The summed E-state index contributed by atoms with van der Waals surface area (Å²) in [4.78, 5) is 39.7. The van der Waals surface area contributed by atoms with Crippen LogP contribution in [0.5, 0.6) is 0 Å². The quantitative estimate of drug-likeness (QED) is 0.0799. The fraction of sp³-hybridized carbons (Fsp3) is 0.636. The van der Waals surface area contributed by atoms with Gasteiger partial charge in [0.25, 0.3) is 11.8 Å². The lowest BCUT2D eigenvalue weighted by Crippen LogP contribution is -2.36. The van der Waals surface area contributed by atoms with Crippen LogP contribution in [-0.4, -0.2) is 48.7 Å². The third-order valence-corrected chi connectivity index (χ3v) is 6.30. The van der Waals surface area contributed by atoms with Crippen molar-refractivity contribution >= 4 is 29.1 Å². The van der Waals surface area contributed by atoms with Crippen LogP contribution in [0.1, 0.15) is 116 Å². The molecule has 0 radical (unpaired) electrons. The Morgan fingerprint density at radius 3 is 1.88 bits per heavy atom. The first-order valence-corrected chi connectivity index (χ1v) is 16.0. The number of thiazole rings is 1. The van der Waals surface area contributed by atoms with Gasteiger partial charge in [0, 0.05) is 12.5 Å². The number of carbonyl (C=O) groups is 3. The van der Waals surface area contributed by atoms with Crippen molar-refractivity contribution in [2.24, 2.45) is 5.92 Å². The molecule has 10 heteroatoms. The Labute approximate surface area is 264 Å². The molecule has 0 spiro atoms. The van der Waals surface area contributed by atoms with Gasteiger partial charge in [0.05, 0.1) is 23.1 Å². The standard InChI is InChI=1S/C16H21N3O5S.C10H22.C7H14O/c1-5-6-13-19-12(9-25-13)15(21)17-10(2)14(20)18-11(3)16(22)24-8-7-23-4;1-4-7-10(8-5-2)9-6-3;1-6(2)8-7(3,4)5/h9H,2-3,5-8H2,1,4H3,(H,17,21)(H,18,20);10H,4-9H2,1-3H3;1H2,2-5H3. The van der Waals surface area contributed by atoms with E-state index in [0.29, 0.717) is 0 Å². The molecule has 9 nitrogen and oxygen atoms in total. The predicted octanol–water partition coefficient (Wildman–Crippen LogP) is 7.50. The van der Waals surface area contributed by atoms with Crippen molar-refractivity contribution in [1.29, 1.82) is 0 Å². The molecule has 43 heavy (non-hydrogen) atoms. The number of rotatable bonds is 17. The smallest absolute Gasteiger partial charge is 0.354 e. The van der Waals surface area contributed by atoms with Crippen molar-refractivity contribution in [3.63, 3.8) is 0 Å². The number of aryl methyl sites for hydroxylation is 1. The molecule has 0 bridgehead atoms. The van der Waals surface area contributed by atoms with Crippen LogP contribution in [0.2, 0.25) is 0 Å². The summed E-state index contributed by atoms with van der Waals surface area (Å²) in [6, 6.07) is 0. The number of hydrogen-bond acceptors (Lipinski definition) is 8. The van der Waals surface area contributed by atoms with Crippen molar-refractivity contribution in [2.75, 3.05) is 20.3 Å². The maximum atomic E-state index is 12.0. The summed E-state index contributed by atoms with van der Waals surface area (Å²) in [5.74, 6) is -0.316. The molecule has 1 rings (SSSR count). The maximum absolute atomic E-state index is 12.0. The van der Waals surface area contributed by atoms with E-state index in [9.17, 15) is 14.4 Å². The first-order chi connectivity index (χ1) is 20.1. The fourth-order valence-corrected chi connectivity index (χ4v) is 4.63. The number of allylic oxidation sites excluding steroid dienone is 1. The topological polar surface area (TPSA) is 116 Å². The van der Waals surface area contributed by atoms with Gasteiger partial charge in [0.1, 0.15) is 23.6 Å². The van der Waals surface area contributed by atoms with Crippen LogP contribution in [0.15, 0.2) is 42.3 Å². The number of methoxy groups -OCH3 is 1. The van der Waals surface area contributed by atoms with Crippen molar-refractivity contribution in [2.45, 2.75) is 112 Å². The zero-order valence-corrected chi connectivity index (χ0v) is 29.0. The highest BCUT2D eigenvalue weighted by Gasteiger charge is 2.18. The van der Waals surface area contributed by atoms with Crippen LogP contribution < -0.4 is 10.6 Å². The van der Waals surface area contributed by atoms with E-state index in [-0.39, 0.29) is 35.9 Å². The highest BCUT2D eigenvalue weighted by molar-refractivity contribution is 7.09. The summed E-state index contributed by atoms with van der Waals surface area (Å²) >= 11 is 1.37. The average molecular weight is 624 g/mol. The second-order valence-electron chi connectivity index (χ2n) is 11.0. The lowest BCUT2D eigenvalue weighted by atomic mass is 9.94. The Hall–Kier alpha value is -2.98. The van der Waals surface area contributed by atoms with Crippen LogP contribution in [-0.2, 0) is 30.2 Å². The molecule has 0 fully saturated rings. The van der Waals surface area contributed by atoms with E-state index < -0.39 is 17.8 Å². The Kier molecular flexibility index (Phi) is 24.0. The highest BCUT2D eigenvalue weighted by atomic mass is 32.1. The van der Waals surface area contributed by atoms with Crippen LogP contribution in [0, 0.1) is 5.92 Å². The number of ether oxygens (including phenoxy) is 3. The Balaban J connectivity index is 0. The number of amides is 2. The monoisotopic (exact) mass is 623 g/mol. The first-order valence-electron chi connectivity index (χ1n) is 15.1. The second-order valence-corrected chi connectivity index (χ2v) is 12.0. The van der Waals surface area contributed by atoms with Gasteiger partial charge in [-0.25, -0.2) is 9.78 Å². The minimum atomic E-state index is -0.798. The van der Waals surface area contributed by atoms with E-state index in [4.69, 9.17) is 14.2 Å². The molecule has 0 aliphatic heterocycles. The summed E-state index contributed by atoms with van der Waals surface area (Å²) in [5, 5.41) is 6.99. The van der Waals surface area contributed by atoms with Gasteiger partial charge >= 0.3 is 5.97 Å². The Bertz CT molecular complexity index is 983. The highest BCUT2D eigenvalue weighted by Crippen LogP contribution is 2.18. The summed E-state index contributed by atoms with van der Waals surface area (Å²) in [5.41, 5.74) is -0.372. The largest absolute Gasteiger partial charge is 0.493 e. The molecule has 2 amide bonds. The summed E-state index contributed by atoms with van der Waals surface area (Å²) in [6.07, 6.45) is 10.1. The molecule has 0 aliphatic carbocycles. The Morgan fingerprint density at radius 1 is 0.907 bits per heavy atom. The van der Waals surface area contributed by atoms with Gasteiger partial charge in [-0.2, -0.15) is 0 Å².